The van der Waals surface area contributed by atoms with Crippen molar-refractivity contribution in [3.05, 3.63) is 94.7 Å². The second-order valence-corrected chi connectivity index (χ2v) is 7.71. The Bertz CT molecular complexity index is 1280. The largest absolute Gasteiger partial charge is 0.449 e. The van der Waals surface area contributed by atoms with Crippen LogP contribution in [0.5, 0.6) is 0 Å². The van der Waals surface area contributed by atoms with E-state index in [1.54, 1.807) is 24.3 Å². The van der Waals surface area contributed by atoms with E-state index in [-0.39, 0.29) is 17.3 Å². The molecule has 1 amide bonds. The number of nitro benzene ring substituents is 1. The molecular formula is C23H18N4O4S. The van der Waals surface area contributed by atoms with Crippen molar-refractivity contribution in [2.24, 2.45) is 5.10 Å². The van der Waals surface area contributed by atoms with Crippen LogP contribution in [0.4, 0.5) is 17.1 Å². The highest BCUT2D eigenvalue weighted by atomic mass is 32.2. The number of fused-ring (bicyclic) bond motifs is 1. The lowest BCUT2D eigenvalue weighted by molar-refractivity contribution is -0.384. The van der Waals surface area contributed by atoms with Crippen molar-refractivity contribution in [1.82, 2.24) is 0 Å². The number of amides is 1. The summed E-state index contributed by atoms with van der Waals surface area (Å²) in [5, 5.41) is 20.4. The minimum atomic E-state index is -0.461. The van der Waals surface area contributed by atoms with Crippen molar-refractivity contribution in [3.8, 4) is 0 Å². The number of carbonyl (C=O) groups excluding carboxylic acids is 1. The molecule has 8 nitrogen and oxygen atoms in total. The second kappa shape index (κ2) is 9.80. The van der Waals surface area contributed by atoms with Crippen LogP contribution < -0.4 is 10.7 Å². The molecule has 3 aromatic carbocycles. The molecule has 4 rings (SSSR count). The molecule has 1 heterocycles. The minimum absolute atomic E-state index is 0.0110. The zero-order chi connectivity index (χ0) is 22.3. The number of hydrogen-bond donors (Lipinski definition) is 2. The summed E-state index contributed by atoms with van der Waals surface area (Å²) in [7, 11) is 0. The summed E-state index contributed by atoms with van der Waals surface area (Å²) in [4.78, 5) is 22.5. The number of rotatable bonds is 8. The molecule has 160 valence electrons. The van der Waals surface area contributed by atoms with Gasteiger partial charge in [-0.25, -0.2) is 0 Å². The van der Waals surface area contributed by atoms with Gasteiger partial charge in [0.2, 0.25) is 5.91 Å². The number of thioether (sulfide) groups is 1. The van der Waals surface area contributed by atoms with E-state index < -0.39 is 4.92 Å². The smallest absolute Gasteiger partial charge is 0.269 e. The lowest BCUT2D eigenvalue weighted by atomic mass is 10.1. The monoisotopic (exact) mass is 446 g/mol. The van der Waals surface area contributed by atoms with Gasteiger partial charge < -0.3 is 9.73 Å². The highest BCUT2D eigenvalue weighted by Crippen LogP contribution is 2.22. The predicted octanol–water partition coefficient (Wildman–Crippen LogP) is 5.52. The van der Waals surface area contributed by atoms with E-state index in [2.05, 4.69) is 15.8 Å². The van der Waals surface area contributed by atoms with E-state index >= 15 is 0 Å². The third-order valence-corrected chi connectivity index (χ3v) is 5.35. The molecule has 32 heavy (non-hydrogen) atoms. The third-order valence-electron chi connectivity index (χ3n) is 4.44. The van der Waals surface area contributed by atoms with Crippen molar-refractivity contribution in [1.29, 1.82) is 0 Å². The average Bonchev–Trinajstić information content (AvgIpc) is 3.26. The van der Waals surface area contributed by atoms with Gasteiger partial charge in [0, 0.05) is 17.8 Å². The van der Waals surface area contributed by atoms with Crippen LogP contribution in [0.3, 0.4) is 0 Å². The number of hydrogen-bond acceptors (Lipinski definition) is 7. The predicted molar refractivity (Wildman–Crippen MR) is 126 cm³/mol. The highest BCUT2D eigenvalue weighted by Gasteiger charge is 2.08. The first-order valence-electron chi connectivity index (χ1n) is 9.62. The van der Waals surface area contributed by atoms with Gasteiger partial charge in [0.15, 0.2) is 5.09 Å². The number of non-ortho nitro benzene ring substituents is 1. The van der Waals surface area contributed by atoms with Gasteiger partial charge >= 0.3 is 0 Å². The standard InChI is InChI=1S/C23H18N4O4S/c28-22(25-19-6-5-16-3-1-2-4-17(16)13-19)15-32-23-12-11-21(31-23)14-24-26-18-7-9-20(10-8-18)27(29)30/h1-14,26H,15H2,(H,25,28)/b24-14+. The van der Waals surface area contributed by atoms with Crippen molar-refractivity contribution < 1.29 is 14.1 Å². The van der Waals surface area contributed by atoms with Gasteiger partial charge in [0.1, 0.15) is 5.76 Å². The quantitative estimate of drug-likeness (QED) is 0.160. The number of nitrogens with one attached hydrogen (secondary N) is 2. The van der Waals surface area contributed by atoms with E-state index in [0.717, 1.165) is 16.5 Å². The topological polar surface area (TPSA) is 110 Å². The Morgan fingerprint density at radius 2 is 1.75 bits per heavy atom. The molecule has 0 atom stereocenters. The summed E-state index contributed by atoms with van der Waals surface area (Å²) in [5.41, 5.74) is 4.14. The van der Waals surface area contributed by atoms with Crippen LogP contribution in [0.2, 0.25) is 0 Å². The first kappa shape index (κ1) is 21.1. The van der Waals surface area contributed by atoms with Crippen molar-refractivity contribution in [3.63, 3.8) is 0 Å². The number of nitro groups is 1. The summed E-state index contributed by atoms with van der Waals surface area (Å²) in [6.07, 6.45) is 1.49. The zero-order valence-electron chi connectivity index (χ0n) is 16.7. The van der Waals surface area contributed by atoms with Crippen LogP contribution in [0, 0.1) is 10.1 Å². The highest BCUT2D eigenvalue weighted by molar-refractivity contribution is 7.99. The summed E-state index contributed by atoms with van der Waals surface area (Å²) in [6.45, 7) is 0. The molecule has 0 unspecified atom stereocenters. The van der Waals surface area contributed by atoms with E-state index in [0.29, 0.717) is 16.5 Å². The lowest BCUT2D eigenvalue weighted by Crippen LogP contribution is -2.13. The van der Waals surface area contributed by atoms with Gasteiger partial charge in [0.25, 0.3) is 5.69 Å². The summed E-state index contributed by atoms with van der Waals surface area (Å²) < 4.78 is 5.63. The van der Waals surface area contributed by atoms with Crippen LogP contribution in [-0.2, 0) is 4.79 Å². The first-order valence-corrected chi connectivity index (χ1v) is 10.6. The molecular weight excluding hydrogens is 428 g/mol. The molecule has 0 fully saturated rings. The van der Waals surface area contributed by atoms with Crippen LogP contribution in [0.25, 0.3) is 10.8 Å². The number of benzene rings is 3. The van der Waals surface area contributed by atoms with E-state index in [4.69, 9.17) is 4.42 Å². The zero-order valence-corrected chi connectivity index (χ0v) is 17.5. The Morgan fingerprint density at radius 1 is 1.00 bits per heavy atom. The van der Waals surface area contributed by atoms with Gasteiger partial charge in [-0.1, -0.05) is 42.1 Å². The maximum atomic E-state index is 12.3. The molecule has 0 bridgehead atoms. The van der Waals surface area contributed by atoms with Crippen molar-refractivity contribution in [2.45, 2.75) is 5.09 Å². The molecule has 0 radical (unpaired) electrons. The lowest BCUT2D eigenvalue weighted by Gasteiger charge is -2.06. The van der Waals surface area contributed by atoms with Gasteiger partial charge in [-0.05, 0) is 47.2 Å². The molecule has 0 aliphatic carbocycles. The summed E-state index contributed by atoms with van der Waals surface area (Å²) in [5.74, 6) is 0.589. The second-order valence-electron chi connectivity index (χ2n) is 6.73. The summed E-state index contributed by atoms with van der Waals surface area (Å²) in [6, 6.07) is 23.2. The Labute approximate surface area is 187 Å². The summed E-state index contributed by atoms with van der Waals surface area (Å²) >= 11 is 1.28. The Balaban J connectivity index is 1.26. The van der Waals surface area contributed by atoms with E-state index in [1.807, 2.05) is 42.5 Å². The fourth-order valence-corrected chi connectivity index (χ4v) is 3.58. The molecule has 9 heteroatoms. The number of furan rings is 1. The number of carbonyl (C=O) groups is 1. The number of hydrazone groups is 1. The van der Waals surface area contributed by atoms with Crippen LogP contribution in [0.1, 0.15) is 5.76 Å². The Hall–Kier alpha value is -4.11. The molecule has 0 saturated carbocycles. The fraction of sp³-hybridized carbons (Fsp3) is 0.0435. The minimum Gasteiger partial charge on any atom is -0.449 e. The van der Waals surface area contributed by atoms with Crippen molar-refractivity contribution >= 4 is 51.7 Å². The molecule has 0 aliphatic heterocycles. The average molecular weight is 446 g/mol. The SMILES string of the molecule is O=C(CSc1ccc(/C=N/Nc2ccc([N+](=O)[O-])cc2)o1)Nc1ccc2ccccc2c1. The Kier molecular flexibility index (Phi) is 6.47. The van der Waals surface area contributed by atoms with Crippen LogP contribution in [-0.4, -0.2) is 22.8 Å². The molecule has 0 spiro atoms. The molecule has 4 aromatic rings. The maximum Gasteiger partial charge on any atom is 0.269 e. The van der Waals surface area contributed by atoms with E-state index in [1.165, 1.54) is 30.1 Å². The number of anilines is 2. The van der Waals surface area contributed by atoms with Gasteiger partial charge in [-0.3, -0.25) is 20.3 Å². The normalized spacial score (nSPS) is 11.0. The van der Waals surface area contributed by atoms with Gasteiger partial charge in [-0.15, -0.1) is 0 Å². The third kappa shape index (κ3) is 5.52. The molecule has 0 saturated heterocycles. The van der Waals surface area contributed by atoms with Crippen LogP contribution in [0.15, 0.2) is 93.5 Å². The van der Waals surface area contributed by atoms with Crippen LogP contribution >= 0.6 is 11.8 Å². The Morgan fingerprint density at radius 3 is 2.53 bits per heavy atom. The maximum absolute atomic E-state index is 12.3. The molecule has 0 aliphatic rings. The number of nitrogens with zero attached hydrogens (tertiary/aromatic N) is 2. The fourth-order valence-electron chi connectivity index (χ4n) is 2.91. The van der Waals surface area contributed by atoms with Gasteiger partial charge in [0.05, 0.1) is 22.6 Å². The van der Waals surface area contributed by atoms with Gasteiger partial charge in [-0.2, -0.15) is 5.10 Å². The first-order chi connectivity index (χ1) is 15.6. The molecule has 1 aromatic heterocycles. The van der Waals surface area contributed by atoms with Crippen molar-refractivity contribution in [2.75, 3.05) is 16.5 Å². The molecule has 2 N–H and O–H groups in total. The van der Waals surface area contributed by atoms with E-state index in [9.17, 15) is 14.9 Å².